The highest BCUT2D eigenvalue weighted by Gasteiger charge is 2.27. The highest BCUT2D eigenvalue weighted by atomic mass is 35.7. The molecule has 32 heavy (non-hydrogen) atoms. The topological polar surface area (TPSA) is 133 Å². The van der Waals surface area contributed by atoms with Crippen molar-refractivity contribution in [1.82, 2.24) is 4.72 Å². The highest BCUT2D eigenvalue weighted by molar-refractivity contribution is 8.15. The molecular formula is C18H22ClNO8S4. The Balaban J connectivity index is 0.000000235. The van der Waals surface area contributed by atoms with Gasteiger partial charge in [0.15, 0.2) is 0 Å². The molecule has 2 aromatic heterocycles. The summed E-state index contributed by atoms with van der Waals surface area (Å²) < 4.78 is 57.9. The normalized spacial score (nSPS) is 13.8. The van der Waals surface area contributed by atoms with Gasteiger partial charge in [0.2, 0.25) is 10.0 Å². The standard InChI is InChI=1S/C11H15NO4S2.C7H7ClO4S2/c1-7-5-9(10(13)16-2)17-11(7)18(14,15)12-6-8-3-4-8;1-4-3-5(6(9)12-2)13-7(4)14(8,10)11/h5,8,12H,3-4,6H2,1-2H3;3H,1-2H3. The van der Waals surface area contributed by atoms with E-state index in [1.807, 2.05) is 0 Å². The van der Waals surface area contributed by atoms with Gasteiger partial charge in [-0.25, -0.2) is 31.1 Å². The molecule has 0 spiro atoms. The zero-order valence-electron chi connectivity index (χ0n) is 17.6. The van der Waals surface area contributed by atoms with Crippen molar-refractivity contribution in [2.75, 3.05) is 20.8 Å². The molecule has 0 saturated heterocycles. The average Bonchev–Trinajstić information content (AvgIpc) is 3.34. The van der Waals surface area contributed by atoms with Gasteiger partial charge in [-0.2, -0.15) is 0 Å². The van der Waals surface area contributed by atoms with Crippen LogP contribution in [0, 0.1) is 19.8 Å². The molecule has 14 heteroatoms. The molecule has 3 rings (SSSR count). The van der Waals surface area contributed by atoms with Crippen molar-refractivity contribution in [3.63, 3.8) is 0 Å². The summed E-state index contributed by atoms with van der Waals surface area (Å²) in [7, 11) is 0.381. The molecular weight excluding hydrogens is 522 g/mol. The smallest absolute Gasteiger partial charge is 0.348 e. The van der Waals surface area contributed by atoms with E-state index in [9.17, 15) is 26.4 Å². The molecule has 178 valence electrons. The lowest BCUT2D eigenvalue weighted by molar-refractivity contribution is 0.0597. The predicted octanol–water partition coefficient (Wildman–Crippen LogP) is 3.30. The Bertz CT molecular complexity index is 1210. The van der Waals surface area contributed by atoms with E-state index in [0.717, 1.165) is 35.5 Å². The van der Waals surface area contributed by atoms with Crippen molar-refractivity contribution in [1.29, 1.82) is 0 Å². The third-order valence-corrected chi connectivity index (χ3v) is 10.9. The molecule has 0 unspecified atom stereocenters. The van der Waals surface area contributed by atoms with Gasteiger partial charge < -0.3 is 9.47 Å². The number of esters is 2. The minimum atomic E-state index is -3.77. The van der Waals surface area contributed by atoms with Gasteiger partial charge in [-0.05, 0) is 55.9 Å². The van der Waals surface area contributed by atoms with Gasteiger partial charge in [-0.15, -0.1) is 22.7 Å². The number of carbonyl (C=O) groups excluding carboxylic acids is 2. The second-order valence-corrected chi connectivity index (χ2v) is 13.7. The second-order valence-electron chi connectivity index (χ2n) is 6.88. The quantitative estimate of drug-likeness (QED) is 0.415. The fourth-order valence-electron chi connectivity index (χ4n) is 2.46. The maximum atomic E-state index is 12.1. The van der Waals surface area contributed by atoms with Gasteiger partial charge in [0.05, 0.1) is 14.2 Å². The average molecular weight is 544 g/mol. The number of carbonyl (C=O) groups is 2. The van der Waals surface area contributed by atoms with E-state index in [0.29, 0.717) is 28.5 Å². The summed E-state index contributed by atoms with van der Waals surface area (Å²) in [6.45, 7) is 3.72. The molecule has 9 nitrogen and oxygen atoms in total. The molecule has 1 aliphatic rings. The molecule has 0 aliphatic heterocycles. The minimum absolute atomic E-state index is 0.0143. The Morgan fingerprint density at radius 3 is 1.78 bits per heavy atom. The van der Waals surface area contributed by atoms with E-state index in [1.165, 1.54) is 20.3 Å². The number of hydrogen-bond donors (Lipinski definition) is 1. The Kier molecular flexibility index (Phi) is 8.87. The number of aryl methyl sites for hydroxylation is 2. The third-order valence-electron chi connectivity index (χ3n) is 4.24. The predicted molar refractivity (Wildman–Crippen MR) is 122 cm³/mol. The molecule has 2 heterocycles. The summed E-state index contributed by atoms with van der Waals surface area (Å²) >= 11 is 1.75. The van der Waals surface area contributed by atoms with E-state index in [2.05, 4.69) is 14.2 Å². The van der Waals surface area contributed by atoms with E-state index >= 15 is 0 Å². The summed E-state index contributed by atoms with van der Waals surface area (Å²) in [6, 6.07) is 2.98. The zero-order chi connectivity index (χ0) is 24.3. The first kappa shape index (κ1) is 26.7. The number of ether oxygens (including phenoxy) is 2. The van der Waals surface area contributed by atoms with Gasteiger partial charge in [-0.3, -0.25) is 0 Å². The van der Waals surface area contributed by atoms with Crippen molar-refractivity contribution in [3.05, 3.63) is 33.0 Å². The largest absolute Gasteiger partial charge is 0.465 e. The van der Waals surface area contributed by atoms with E-state index in [1.54, 1.807) is 19.9 Å². The molecule has 1 N–H and O–H groups in total. The van der Waals surface area contributed by atoms with Crippen LogP contribution in [0.1, 0.15) is 43.3 Å². The summed E-state index contributed by atoms with van der Waals surface area (Å²) in [5, 5.41) is 0. The summed E-state index contributed by atoms with van der Waals surface area (Å²) in [6.07, 6.45) is 2.17. The number of halogens is 1. The monoisotopic (exact) mass is 543 g/mol. The van der Waals surface area contributed by atoms with E-state index in [-0.39, 0.29) is 13.3 Å². The van der Waals surface area contributed by atoms with Crippen LogP contribution < -0.4 is 4.72 Å². The first-order valence-electron chi connectivity index (χ1n) is 9.12. The maximum Gasteiger partial charge on any atom is 0.348 e. The molecule has 1 fully saturated rings. The van der Waals surface area contributed by atoms with Crippen LogP contribution in [-0.4, -0.2) is 49.5 Å². The number of rotatable bonds is 7. The van der Waals surface area contributed by atoms with Crippen LogP contribution in [-0.2, 0) is 28.5 Å². The fraction of sp³-hybridized carbons (Fsp3) is 0.444. The van der Waals surface area contributed by atoms with Gasteiger partial charge in [0, 0.05) is 17.2 Å². The highest BCUT2D eigenvalue weighted by Crippen LogP contribution is 2.31. The Morgan fingerprint density at radius 2 is 1.41 bits per heavy atom. The van der Waals surface area contributed by atoms with Gasteiger partial charge >= 0.3 is 11.9 Å². The van der Waals surface area contributed by atoms with Crippen LogP contribution in [0.3, 0.4) is 0 Å². The summed E-state index contributed by atoms with van der Waals surface area (Å²) in [4.78, 5) is 22.9. The lowest BCUT2D eigenvalue weighted by Crippen LogP contribution is -2.25. The molecule has 0 aromatic carbocycles. The third kappa shape index (κ3) is 6.99. The van der Waals surface area contributed by atoms with Gasteiger partial charge in [0.25, 0.3) is 9.05 Å². The van der Waals surface area contributed by atoms with Crippen LogP contribution in [0.2, 0.25) is 0 Å². The van der Waals surface area contributed by atoms with Gasteiger partial charge in [0.1, 0.15) is 18.2 Å². The molecule has 1 saturated carbocycles. The first-order chi connectivity index (χ1) is 14.8. The first-order valence-corrected chi connectivity index (χ1v) is 14.5. The number of thiophene rings is 2. The minimum Gasteiger partial charge on any atom is -0.465 e. The van der Waals surface area contributed by atoms with Crippen molar-refractivity contribution < 1.29 is 35.9 Å². The van der Waals surface area contributed by atoms with Crippen molar-refractivity contribution in [3.8, 4) is 0 Å². The molecule has 1 aliphatic carbocycles. The Labute approximate surface area is 199 Å². The molecule has 0 bridgehead atoms. The van der Waals surface area contributed by atoms with Crippen LogP contribution in [0.5, 0.6) is 0 Å². The molecule has 0 atom stereocenters. The fourth-order valence-corrected chi connectivity index (χ4v) is 7.81. The molecule has 2 aromatic rings. The van der Waals surface area contributed by atoms with Crippen molar-refractivity contribution in [2.45, 2.75) is 35.1 Å². The lowest BCUT2D eigenvalue weighted by atomic mass is 10.3. The van der Waals surface area contributed by atoms with Crippen molar-refractivity contribution in [2.24, 2.45) is 5.92 Å². The van der Waals surface area contributed by atoms with Crippen LogP contribution in [0.4, 0.5) is 0 Å². The number of sulfonamides is 1. The summed E-state index contributed by atoms with van der Waals surface area (Å²) in [5.74, 6) is -0.600. The Morgan fingerprint density at radius 1 is 0.969 bits per heavy atom. The Hall–Kier alpha value is -1.51. The molecule has 0 radical (unpaired) electrons. The number of hydrogen-bond acceptors (Lipinski definition) is 10. The van der Waals surface area contributed by atoms with E-state index in [4.69, 9.17) is 10.7 Å². The molecule has 0 amide bonds. The van der Waals surface area contributed by atoms with Crippen LogP contribution in [0.25, 0.3) is 0 Å². The van der Waals surface area contributed by atoms with Crippen LogP contribution >= 0.6 is 33.4 Å². The van der Waals surface area contributed by atoms with Crippen LogP contribution in [0.15, 0.2) is 20.6 Å². The van der Waals surface area contributed by atoms with E-state index < -0.39 is 31.0 Å². The maximum absolute atomic E-state index is 12.1. The van der Waals surface area contributed by atoms with Gasteiger partial charge in [-0.1, -0.05) is 0 Å². The zero-order valence-corrected chi connectivity index (χ0v) is 21.7. The lowest BCUT2D eigenvalue weighted by Gasteiger charge is -2.04. The summed E-state index contributed by atoms with van der Waals surface area (Å²) in [5.41, 5.74) is 1.02. The SMILES string of the molecule is COC(=O)c1cc(C)c(S(=O)(=O)Cl)s1.COC(=O)c1cc(C)c(S(=O)(=O)NCC2CC2)s1. The number of nitrogens with one attached hydrogen (secondary N) is 1. The second kappa shape index (κ2) is 10.6. The number of methoxy groups -OCH3 is 2. The van der Waals surface area contributed by atoms with Crippen molar-refractivity contribution >= 4 is 64.4 Å².